The highest BCUT2D eigenvalue weighted by Crippen LogP contribution is 2.47. The van der Waals surface area contributed by atoms with Crippen LogP contribution in [0.2, 0.25) is 0 Å². The molecule has 3 nitrogen and oxygen atoms in total. The topological polar surface area (TPSA) is 29.5 Å². The quantitative estimate of drug-likeness (QED) is 0.145. The summed E-state index contributed by atoms with van der Waals surface area (Å²) in [5, 5.41) is 4.38. The van der Waals surface area contributed by atoms with Crippen LogP contribution in [0.1, 0.15) is 0 Å². The van der Waals surface area contributed by atoms with Crippen molar-refractivity contribution in [3.63, 3.8) is 0 Å². The number of hydrogen-bond acceptors (Lipinski definition) is 3. The maximum Gasteiger partial charge on any atom is 0.159 e. The first kappa shape index (κ1) is 40.1. The molecule has 13 rings (SSSR count). The number of benzene rings is 11. The fraction of sp³-hybridized carbons (Fsp3) is 0. The first-order chi connectivity index (χ1) is 34.2. The SMILES string of the molecule is c1ccc(-c2cc(-c3ccccc3)c3oc4c(N(c5ccc(-c6ccc7c(c6)oc6ccccc67)cc5)c5ccc(-c6ccccc6-c6ccccc6-c6ccccc6)cc5)cccc4c3c2)cc1. The van der Waals surface area contributed by atoms with Gasteiger partial charge in [-0.3, -0.25) is 0 Å². The second-order valence-corrected chi connectivity index (χ2v) is 17.6. The third kappa shape index (κ3) is 7.16. The fourth-order valence-corrected chi connectivity index (χ4v) is 10.2. The molecule has 0 fully saturated rings. The van der Waals surface area contributed by atoms with Crippen LogP contribution in [0.5, 0.6) is 0 Å². The molecule has 0 atom stereocenters. The van der Waals surface area contributed by atoms with Crippen molar-refractivity contribution >= 4 is 60.9 Å². The number of anilines is 3. The average Bonchev–Trinajstić information content (AvgIpc) is 4.00. The number of furan rings is 2. The van der Waals surface area contributed by atoms with Gasteiger partial charge in [-0.25, -0.2) is 0 Å². The van der Waals surface area contributed by atoms with Gasteiger partial charge in [-0.1, -0.05) is 200 Å². The van der Waals surface area contributed by atoms with Gasteiger partial charge in [-0.2, -0.15) is 0 Å². The highest BCUT2D eigenvalue weighted by molar-refractivity contribution is 6.15. The Hall–Kier alpha value is -9.18. The van der Waals surface area contributed by atoms with Crippen molar-refractivity contribution in [2.24, 2.45) is 0 Å². The molecule has 2 aromatic heterocycles. The van der Waals surface area contributed by atoms with Crippen LogP contribution in [0.25, 0.3) is 111 Å². The van der Waals surface area contributed by atoms with E-state index in [0.717, 1.165) is 99.9 Å². The molecule has 0 saturated heterocycles. The van der Waals surface area contributed by atoms with Crippen LogP contribution in [0.3, 0.4) is 0 Å². The van der Waals surface area contributed by atoms with Crippen LogP contribution >= 0.6 is 0 Å². The molecule has 0 aliphatic rings. The van der Waals surface area contributed by atoms with Gasteiger partial charge in [0.05, 0.1) is 5.69 Å². The molecule has 0 aliphatic carbocycles. The Bertz CT molecular complexity index is 3980. The van der Waals surface area contributed by atoms with Crippen LogP contribution in [0.4, 0.5) is 17.1 Å². The molecule has 0 N–H and O–H groups in total. The third-order valence-corrected chi connectivity index (χ3v) is 13.5. The van der Waals surface area contributed by atoms with E-state index in [-0.39, 0.29) is 0 Å². The molecule has 2 heterocycles. The van der Waals surface area contributed by atoms with Gasteiger partial charge in [0, 0.05) is 38.5 Å². The minimum atomic E-state index is 0.821. The Morgan fingerprint density at radius 2 is 0.710 bits per heavy atom. The molecule has 69 heavy (non-hydrogen) atoms. The van der Waals surface area contributed by atoms with E-state index in [1.807, 2.05) is 12.1 Å². The van der Waals surface area contributed by atoms with Crippen molar-refractivity contribution in [2.75, 3.05) is 4.90 Å². The van der Waals surface area contributed by atoms with Gasteiger partial charge in [0.15, 0.2) is 5.58 Å². The lowest BCUT2D eigenvalue weighted by molar-refractivity contribution is 0.669. The Labute approximate surface area is 400 Å². The van der Waals surface area contributed by atoms with E-state index in [1.165, 1.54) is 27.8 Å². The van der Waals surface area contributed by atoms with Gasteiger partial charge >= 0.3 is 0 Å². The van der Waals surface area contributed by atoms with Crippen LogP contribution < -0.4 is 4.90 Å². The van der Waals surface area contributed by atoms with Gasteiger partial charge < -0.3 is 13.7 Å². The Morgan fingerprint density at radius 3 is 1.36 bits per heavy atom. The number of hydrogen-bond donors (Lipinski definition) is 0. The van der Waals surface area contributed by atoms with Crippen molar-refractivity contribution in [3.8, 4) is 66.8 Å². The fourth-order valence-electron chi connectivity index (χ4n) is 10.2. The molecular weight excluding hydrogens is 839 g/mol. The van der Waals surface area contributed by atoms with E-state index >= 15 is 0 Å². The van der Waals surface area contributed by atoms with Crippen molar-refractivity contribution in [1.82, 2.24) is 0 Å². The summed E-state index contributed by atoms with van der Waals surface area (Å²) in [6, 6.07) is 92.9. The first-order valence-electron chi connectivity index (χ1n) is 23.5. The maximum atomic E-state index is 7.20. The largest absolute Gasteiger partial charge is 0.456 e. The van der Waals surface area contributed by atoms with Crippen LogP contribution in [0, 0.1) is 0 Å². The smallest absolute Gasteiger partial charge is 0.159 e. The van der Waals surface area contributed by atoms with Gasteiger partial charge in [0.2, 0.25) is 0 Å². The van der Waals surface area contributed by atoms with Crippen molar-refractivity contribution in [3.05, 3.63) is 261 Å². The Kier molecular flexibility index (Phi) is 9.84. The van der Waals surface area contributed by atoms with Crippen molar-refractivity contribution in [2.45, 2.75) is 0 Å². The first-order valence-corrected chi connectivity index (χ1v) is 23.5. The van der Waals surface area contributed by atoms with Crippen LogP contribution in [-0.2, 0) is 0 Å². The molecule has 0 amide bonds. The van der Waals surface area contributed by atoms with Crippen molar-refractivity contribution in [1.29, 1.82) is 0 Å². The second kappa shape index (κ2) is 16.9. The molecular formula is C66H43NO2. The monoisotopic (exact) mass is 881 g/mol. The zero-order valence-corrected chi connectivity index (χ0v) is 37.6. The molecule has 0 radical (unpaired) electrons. The third-order valence-electron chi connectivity index (χ3n) is 13.5. The molecule has 0 bridgehead atoms. The van der Waals surface area contributed by atoms with Crippen LogP contribution in [0.15, 0.2) is 270 Å². The van der Waals surface area contributed by atoms with Crippen molar-refractivity contribution < 1.29 is 8.83 Å². The second-order valence-electron chi connectivity index (χ2n) is 17.6. The summed E-state index contributed by atoms with van der Waals surface area (Å²) in [4.78, 5) is 2.33. The van der Waals surface area contributed by atoms with Gasteiger partial charge in [0.25, 0.3) is 0 Å². The summed E-state index contributed by atoms with van der Waals surface area (Å²) in [5.41, 5.74) is 20.2. The standard InChI is InChI=1S/C66H43NO2/c1-4-17-44(18-5-1)50-41-60(47-21-8-3-9-22-47)65-61(42-50)59-28-16-29-62(66(59)69-65)67(51-36-31-45(32-37-51)49-35-40-58-57-27-14-15-30-63(57)68-64(58)43-49)52-38-33-48(34-39-52)54-24-11-13-26-56(54)55-25-12-10-23-53(55)46-19-6-2-7-20-46/h1-43H. The summed E-state index contributed by atoms with van der Waals surface area (Å²) in [5.74, 6) is 0. The molecule has 11 aromatic carbocycles. The summed E-state index contributed by atoms with van der Waals surface area (Å²) in [7, 11) is 0. The van der Waals surface area contributed by atoms with E-state index in [1.54, 1.807) is 0 Å². The number of nitrogens with zero attached hydrogens (tertiary/aromatic N) is 1. The van der Waals surface area contributed by atoms with E-state index in [2.05, 4.69) is 254 Å². The molecule has 324 valence electrons. The maximum absolute atomic E-state index is 7.20. The lowest BCUT2D eigenvalue weighted by Gasteiger charge is -2.26. The summed E-state index contributed by atoms with van der Waals surface area (Å²) < 4.78 is 13.5. The molecule has 13 aromatic rings. The highest BCUT2D eigenvalue weighted by atomic mass is 16.3. The van der Waals surface area contributed by atoms with E-state index < -0.39 is 0 Å². The minimum absolute atomic E-state index is 0.821. The van der Waals surface area contributed by atoms with Crippen LogP contribution in [-0.4, -0.2) is 0 Å². The molecule has 0 aliphatic heterocycles. The summed E-state index contributed by atoms with van der Waals surface area (Å²) in [6.45, 7) is 0. The highest BCUT2D eigenvalue weighted by Gasteiger charge is 2.23. The zero-order chi connectivity index (χ0) is 45.7. The van der Waals surface area contributed by atoms with E-state index in [4.69, 9.17) is 8.83 Å². The number of fused-ring (bicyclic) bond motifs is 6. The predicted octanol–water partition coefficient (Wildman–Crippen LogP) is 19.0. The normalized spacial score (nSPS) is 11.5. The van der Waals surface area contributed by atoms with Gasteiger partial charge in [-0.05, 0) is 122 Å². The molecule has 0 unspecified atom stereocenters. The zero-order valence-electron chi connectivity index (χ0n) is 37.6. The molecule has 0 saturated carbocycles. The lowest BCUT2D eigenvalue weighted by atomic mass is 9.89. The number of para-hydroxylation sites is 2. The van der Waals surface area contributed by atoms with Gasteiger partial charge in [0.1, 0.15) is 16.7 Å². The predicted molar refractivity (Wildman–Crippen MR) is 288 cm³/mol. The number of rotatable bonds is 9. The molecule has 0 spiro atoms. The minimum Gasteiger partial charge on any atom is -0.456 e. The summed E-state index contributed by atoms with van der Waals surface area (Å²) in [6.07, 6.45) is 0. The average molecular weight is 882 g/mol. The van der Waals surface area contributed by atoms with Gasteiger partial charge in [-0.15, -0.1) is 0 Å². The molecule has 3 heteroatoms. The van der Waals surface area contributed by atoms with E-state index in [0.29, 0.717) is 0 Å². The lowest BCUT2D eigenvalue weighted by Crippen LogP contribution is -2.10. The van der Waals surface area contributed by atoms with E-state index in [9.17, 15) is 0 Å². The summed E-state index contributed by atoms with van der Waals surface area (Å²) >= 11 is 0. The Balaban J connectivity index is 0.965. The Morgan fingerprint density at radius 1 is 0.232 bits per heavy atom.